The van der Waals surface area contributed by atoms with E-state index in [-0.39, 0.29) is 11.8 Å². The molecular weight excluding hydrogens is 354 g/mol. The number of fused-ring (bicyclic) bond motifs is 1. The van der Waals surface area contributed by atoms with E-state index in [9.17, 15) is 4.79 Å². The molecule has 3 aromatic heterocycles. The van der Waals surface area contributed by atoms with Crippen molar-refractivity contribution in [1.82, 2.24) is 34.4 Å². The van der Waals surface area contributed by atoms with Gasteiger partial charge in [-0.05, 0) is 30.3 Å². The summed E-state index contributed by atoms with van der Waals surface area (Å²) in [7, 11) is 1.89. The Morgan fingerprint density at radius 1 is 1.21 bits per heavy atom. The van der Waals surface area contributed by atoms with Crippen molar-refractivity contribution >= 4 is 5.91 Å². The molecule has 1 unspecified atom stereocenters. The van der Waals surface area contributed by atoms with Gasteiger partial charge in [-0.3, -0.25) is 9.48 Å². The van der Waals surface area contributed by atoms with E-state index in [2.05, 4.69) is 20.2 Å². The van der Waals surface area contributed by atoms with Gasteiger partial charge in [-0.2, -0.15) is 10.2 Å². The normalized spacial score (nSPS) is 16.2. The maximum absolute atomic E-state index is 13.2. The summed E-state index contributed by atoms with van der Waals surface area (Å²) in [5, 5.41) is 8.50. The van der Waals surface area contributed by atoms with E-state index < -0.39 is 0 Å². The largest absolute Gasteiger partial charge is 0.347 e. The highest BCUT2D eigenvalue weighted by molar-refractivity contribution is 5.94. The van der Waals surface area contributed by atoms with Crippen molar-refractivity contribution < 1.29 is 4.79 Å². The molecule has 28 heavy (non-hydrogen) atoms. The molecule has 4 aromatic rings. The van der Waals surface area contributed by atoms with Crippen LogP contribution in [0, 0.1) is 0 Å². The summed E-state index contributed by atoms with van der Waals surface area (Å²) < 4.78 is 3.54. The first kappa shape index (κ1) is 16.5. The van der Waals surface area contributed by atoms with Crippen molar-refractivity contribution in [2.75, 3.05) is 6.54 Å². The summed E-state index contributed by atoms with van der Waals surface area (Å²) in [5.74, 6) is 0.0113. The Morgan fingerprint density at radius 2 is 2.07 bits per heavy atom. The Balaban J connectivity index is 1.42. The van der Waals surface area contributed by atoms with E-state index in [1.54, 1.807) is 21.9 Å². The van der Waals surface area contributed by atoms with Gasteiger partial charge in [0.1, 0.15) is 0 Å². The SMILES string of the molecule is Cn1cc(C2CN(C(=O)c3ccc(-n4cccn4)cc3)Cc3[nH]cnc32)cn1. The molecule has 1 N–H and O–H groups in total. The van der Waals surface area contributed by atoms with E-state index in [4.69, 9.17) is 0 Å². The molecule has 140 valence electrons. The molecule has 4 heterocycles. The van der Waals surface area contributed by atoms with Gasteiger partial charge in [0.25, 0.3) is 5.91 Å². The number of carbonyl (C=O) groups is 1. The zero-order valence-electron chi connectivity index (χ0n) is 15.4. The first-order valence-electron chi connectivity index (χ1n) is 9.09. The molecule has 1 aliphatic heterocycles. The minimum absolute atomic E-state index is 0.00107. The Morgan fingerprint density at radius 3 is 2.79 bits per heavy atom. The molecule has 0 spiro atoms. The van der Waals surface area contributed by atoms with E-state index >= 15 is 0 Å². The first-order valence-corrected chi connectivity index (χ1v) is 9.09. The van der Waals surface area contributed by atoms with Gasteiger partial charge in [-0.1, -0.05) is 0 Å². The number of imidazole rings is 1. The van der Waals surface area contributed by atoms with Crippen LogP contribution in [0.3, 0.4) is 0 Å². The van der Waals surface area contributed by atoms with Crippen molar-refractivity contribution in [3.63, 3.8) is 0 Å². The minimum atomic E-state index is 0.00107. The van der Waals surface area contributed by atoms with Crippen LogP contribution in [0.2, 0.25) is 0 Å². The van der Waals surface area contributed by atoms with Gasteiger partial charge in [-0.25, -0.2) is 9.67 Å². The van der Waals surface area contributed by atoms with Crippen LogP contribution < -0.4 is 0 Å². The second kappa shape index (κ2) is 6.49. The van der Waals surface area contributed by atoms with Crippen molar-refractivity contribution in [1.29, 1.82) is 0 Å². The van der Waals surface area contributed by atoms with Crippen molar-refractivity contribution in [3.8, 4) is 5.69 Å². The maximum Gasteiger partial charge on any atom is 0.254 e. The number of aromatic amines is 1. The van der Waals surface area contributed by atoms with Gasteiger partial charge in [-0.15, -0.1) is 0 Å². The Bertz CT molecular complexity index is 1110. The number of hydrogen-bond acceptors (Lipinski definition) is 4. The zero-order valence-corrected chi connectivity index (χ0v) is 15.4. The Labute approximate surface area is 161 Å². The second-order valence-corrected chi connectivity index (χ2v) is 6.95. The summed E-state index contributed by atoms with van der Waals surface area (Å²) in [5.41, 5.74) is 4.60. The molecular formula is C20H19N7O. The molecule has 8 heteroatoms. The summed E-state index contributed by atoms with van der Waals surface area (Å²) in [6.45, 7) is 1.09. The third-order valence-corrected chi connectivity index (χ3v) is 5.13. The topological polar surface area (TPSA) is 84.6 Å². The van der Waals surface area contributed by atoms with Crippen LogP contribution in [-0.2, 0) is 13.6 Å². The monoisotopic (exact) mass is 373 g/mol. The smallest absolute Gasteiger partial charge is 0.254 e. The lowest BCUT2D eigenvalue weighted by Crippen LogP contribution is -2.38. The van der Waals surface area contributed by atoms with Crippen LogP contribution in [0.25, 0.3) is 5.69 Å². The maximum atomic E-state index is 13.2. The highest BCUT2D eigenvalue weighted by Gasteiger charge is 2.32. The van der Waals surface area contributed by atoms with E-state index in [0.717, 1.165) is 22.6 Å². The van der Waals surface area contributed by atoms with E-state index in [1.165, 1.54) is 0 Å². The van der Waals surface area contributed by atoms with Crippen LogP contribution in [-0.4, -0.2) is 46.9 Å². The van der Waals surface area contributed by atoms with Crippen LogP contribution in [0.15, 0.2) is 61.4 Å². The van der Waals surface area contributed by atoms with Gasteiger partial charge < -0.3 is 9.88 Å². The molecule has 1 atom stereocenters. The Kier molecular flexibility index (Phi) is 3.82. The minimum Gasteiger partial charge on any atom is -0.347 e. The lowest BCUT2D eigenvalue weighted by Gasteiger charge is -2.31. The quantitative estimate of drug-likeness (QED) is 0.596. The zero-order chi connectivity index (χ0) is 19.1. The fourth-order valence-corrected chi connectivity index (χ4v) is 3.72. The number of carbonyl (C=O) groups excluding carboxylic acids is 1. The predicted octanol–water partition coefficient (Wildman–Crippen LogP) is 2.12. The molecule has 1 aliphatic rings. The summed E-state index contributed by atoms with van der Waals surface area (Å²) in [6, 6.07) is 9.38. The second-order valence-electron chi connectivity index (χ2n) is 6.95. The Hall–Kier alpha value is -3.68. The molecule has 0 fully saturated rings. The van der Waals surface area contributed by atoms with Crippen LogP contribution in [0.1, 0.15) is 33.2 Å². The molecule has 0 saturated heterocycles. The summed E-state index contributed by atoms with van der Waals surface area (Å²) in [4.78, 5) is 22.7. The number of hydrogen-bond donors (Lipinski definition) is 1. The van der Waals surface area contributed by atoms with Crippen LogP contribution >= 0.6 is 0 Å². The molecule has 1 amide bonds. The number of nitrogens with zero attached hydrogens (tertiary/aromatic N) is 6. The van der Waals surface area contributed by atoms with Gasteiger partial charge in [0.05, 0.1) is 36.1 Å². The number of aryl methyl sites for hydroxylation is 1. The molecule has 0 bridgehead atoms. The van der Waals surface area contributed by atoms with E-state index in [1.807, 2.05) is 60.9 Å². The van der Waals surface area contributed by atoms with Crippen LogP contribution in [0.4, 0.5) is 0 Å². The lowest BCUT2D eigenvalue weighted by atomic mass is 9.92. The molecule has 0 saturated carbocycles. The standard InChI is InChI=1S/C20H19N7O/c1-25-10-15(9-24-25)17-11-26(12-18-19(17)22-13-21-18)20(28)14-3-5-16(6-4-14)27-8-2-7-23-27/h2-10,13,17H,11-12H2,1H3,(H,21,22). The van der Waals surface area contributed by atoms with Crippen molar-refractivity contribution in [2.45, 2.75) is 12.5 Å². The lowest BCUT2D eigenvalue weighted by molar-refractivity contribution is 0.0722. The molecule has 8 nitrogen and oxygen atoms in total. The fraction of sp³-hybridized carbons (Fsp3) is 0.200. The number of H-pyrrole nitrogens is 1. The number of amides is 1. The van der Waals surface area contributed by atoms with Gasteiger partial charge in [0.15, 0.2) is 0 Å². The average Bonchev–Trinajstić information content (AvgIpc) is 3.48. The van der Waals surface area contributed by atoms with Gasteiger partial charge in [0, 0.05) is 49.2 Å². The van der Waals surface area contributed by atoms with Crippen molar-refractivity contribution in [2.24, 2.45) is 7.05 Å². The van der Waals surface area contributed by atoms with Gasteiger partial charge in [0.2, 0.25) is 0 Å². The third-order valence-electron chi connectivity index (χ3n) is 5.13. The fourth-order valence-electron chi connectivity index (χ4n) is 3.72. The highest BCUT2D eigenvalue weighted by atomic mass is 16.2. The summed E-state index contributed by atoms with van der Waals surface area (Å²) in [6.07, 6.45) is 9.12. The number of aromatic nitrogens is 6. The molecule has 1 aromatic carbocycles. The highest BCUT2D eigenvalue weighted by Crippen LogP contribution is 2.32. The molecule has 0 radical (unpaired) electrons. The van der Waals surface area contributed by atoms with Crippen LogP contribution in [0.5, 0.6) is 0 Å². The molecule has 0 aliphatic carbocycles. The number of rotatable bonds is 3. The number of benzene rings is 1. The third kappa shape index (κ3) is 2.79. The average molecular weight is 373 g/mol. The van der Waals surface area contributed by atoms with E-state index in [0.29, 0.717) is 18.7 Å². The van der Waals surface area contributed by atoms with Gasteiger partial charge >= 0.3 is 0 Å². The number of nitrogens with one attached hydrogen (secondary N) is 1. The summed E-state index contributed by atoms with van der Waals surface area (Å²) >= 11 is 0. The van der Waals surface area contributed by atoms with Crippen molar-refractivity contribution in [3.05, 3.63) is 84.0 Å². The first-order chi connectivity index (χ1) is 13.7. The molecule has 5 rings (SSSR count). The predicted molar refractivity (Wildman–Crippen MR) is 102 cm³/mol.